The molecule has 0 aromatic carbocycles. The summed E-state index contributed by atoms with van der Waals surface area (Å²) in [6.45, 7) is 5.89. The largest absolute Gasteiger partial charge is 0.378 e. The Bertz CT molecular complexity index is 345. The van der Waals surface area contributed by atoms with Crippen molar-refractivity contribution in [3.05, 3.63) is 15.6 Å². The van der Waals surface area contributed by atoms with Crippen molar-refractivity contribution in [2.45, 2.75) is 51.8 Å². The Balaban J connectivity index is 2.06. The summed E-state index contributed by atoms with van der Waals surface area (Å²) in [5.41, 5.74) is 1.13. The van der Waals surface area contributed by atoms with Crippen LogP contribution in [0.3, 0.4) is 0 Å². The molecule has 0 bridgehead atoms. The second-order valence-electron chi connectivity index (χ2n) is 4.66. The maximum absolute atomic E-state index is 5.21. The molecular weight excluding hydrogens is 220 g/mol. The van der Waals surface area contributed by atoms with E-state index >= 15 is 0 Å². The lowest BCUT2D eigenvalue weighted by atomic mass is 10.3. The van der Waals surface area contributed by atoms with Crippen LogP contribution in [0, 0.1) is 0 Å². The maximum Gasteiger partial charge on any atom is 0.0963 e. The van der Waals surface area contributed by atoms with Gasteiger partial charge in [0.2, 0.25) is 0 Å². The zero-order chi connectivity index (χ0) is 11.5. The van der Waals surface area contributed by atoms with E-state index in [9.17, 15) is 0 Å². The third-order valence-electron chi connectivity index (χ3n) is 2.67. The highest BCUT2D eigenvalue weighted by Gasteiger charge is 2.28. The summed E-state index contributed by atoms with van der Waals surface area (Å²) in [7, 11) is 1.73. The Morgan fingerprint density at radius 2 is 2.25 bits per heavy atom. The highest BCUT2D eigenvalue weighted by molar-refractivity contribution is 7.11. The minimum Gasteiger partial charge on any atom is -0.378 e. The molecule has 16 heavy (non-hydrogen) atoms. The van der Waals surface area contributed by atoms with Gasteiger partial charge in [0.1, 0.15) is 0 Å². The molecule has 1 aliphatic rings. The fourth-order valence-electron chi connectivity index (χ4n) is 1.59. The van der Waals surface area contributed by atoms with Crippen LogP contribution in [0.2, 0.25) is 0 Å². The van der Waals surface area contributed by atoms with Gasteiger partial charge in [0.05, 0.1) is 17.3 Å². The van der Waals surface area contributed by atoms with Gasteiger partial charge in [0, 0.05) is 30.5 Å². The van der Waals surface area contributed by atoms with E-state index in [0.29, 0.717) is 12.6 Å². The highest BCUT2D eigenvalue weighted by atomic mass is 32.1. The van der Waals surface area contributed by atoms with Crippen LogP contribution in [0.15, 0.2) is 0 Å². The summed E-state index contributed by atoms with van der Waals surface area (Å²) in [6, 6.07) is 0.516. The monoisotopic (exact) mass is 240 g/mol. The predicted molar refractivity (Wildman–Crippen MR) is 66.8 cm³/mol. The molecule has 90 valence electrons. The van der Waals surface area contributed by atoms with Gasteiger partial charge in [-0.05, 0) is 12.8 Å². The lowest BCUT2D eigenvalue weighted by Crippen LogP contribution is -2.21. The molecule has 0 radical (unpaired) electrons. The van der Waals surface area contributed by atoms with Gasteiger partial charge in [-0.1, -0.05) is 13.8 Å². The Morgan fingerprint density at radius 1 is 1.50 bits per heavy atom. The molecule has 3 nitrogen and oxygen atoms in total. The number of hydrogen-bond acceptors (Lipinski definition) is 4. The van der Waals surface area contributed by atoms with Gasteiger partial charge in [0.15, 0.2) is 0 Å². The first-order chi connectivity index (χ1) is 7.70. The molecule has 1 aromatic heterocycles. The van der Waals surface area contributed by atoms with Crippen LogP contribution in [0.1, 0.15) is 48.2 Å². The van der Waals surface area contributed by atoms with Crippen molar-refractivity contribution in [2.24, 2.45) is 0 Å². The summed E-state index contributed by atoms with van der Waals surface area (Å²) < 4.78 is 5.21. The zero-order valence-corrected chi connectivity index (χ0v) is 11.1. The van der Waals surface area contributed by atoms with E-state index in [1.807, 2.05) is 11.3 Å². The molecule has 1 aromatic rings. The predicted octanol–water partition coefficient (Wildman–Crippen LogP) is 2.66. The van der Waals surface area contributed by atoms with E-state index in [1.165, 1.54) is 22.7 Å². The van der Waals surface area contributed by atoms with Crippen molar-refractivity contribution in [2.75, 3.05) is 7.11 Å². The normalized spacial score (nSPS) is 16.0. The Hall–Kier alpha value is -0.450. The van der Waals surface area contributed by atoms with Crippen LogP contribution in [0.5, 0.6) is 0 Å². The van der Waals surface area contributed by atoms with Gasteiger partial charge in [-0.2, -0.15) is 0 Å². The molecule has 0 atom stereocenters. The first kappa shape index (κ1) is 12.0. The van der Waals surface area contributed by atoms with E-state index in [0.717, 1.165) is 18.2 Å². The first-order valence-corrected chi connectivity index (χ1v) is 6.73. The number of thiazole rings is 1. The molecule has 0 unspecified atom stereocenters. The SMILES string of the molecule is COCc1nc(C2CC2)sc1CNC(C)C. The van der Waals surface area contributed by atoms with Gasteiger partial charge >= 0.3 is 0 Å². The summed E-state index contributed by atoms with van der Waals surface area (Å²) in [5.74, 6) is 0.744. The van der Waals surface area contributed by atoms with Crippen molar-refractivity contribution >= 4 is 11.3 Å². The number of methoxy groups -OCH3 is 1. The van der Waals surface area contributed by atoms with Gasteiger partial charge in [-0.25, -0.2) is 4.98 Å². The Kier molecular flexibility index (Phi) is 3.95. The molecule has 1 N–H and O–H groups in total. The number of ether oxygens (including phenoxy) is 1. The lowest BCUT2D eigenvalue weighted by molar-refractivity contribution is 0.181. The molecule has 0 aliphatic heterocycles. The van der Waals surface area contributed by atoms with Gasteiger partial charge in [0.25, 0.3) is 0 Å². The fourth-order valence-corrected chi connectivity index (χ4v) is 2.78. The highest BCUT2D eigenvalue weighted by Crippen LogP contribution is 2.42. The van der Waals surface area contributed by atoms with Gasteiger partial charge < -0.3 is 10.1 Å². The van der Waals surface area contributed by atoms with Crippen molar-refractivity contribution in [1.29, 1.82) is 0 Å². The van der Waals surface area contributed by atoms with Crippen LogP contribution in [-0.4, -0.2) is 18.1 Å². The second kappa shape index (κ2) is 5.25. The summed E-state index contributed by atoms with van der Waals surface area (Å²) in [5, 5.41) is 4.76. The third kappa shape index (κ3) is 3.03. The molecule has 0 saturated heterocycles. The molecule has 4 heteroatoms. The molecule has 2 rings (SSSR count). The number of nitrogens with one attached hydrogen (secondary N) is 1. The fraction of sp³-hybridized carbons (Fsp3) is 0.750. The van der Waals surface area contributed by atoms with Crippen molar-refractivity contribution in [3.8, 4) is 0 Å². The quantitative estimate of drug-likeness (QED) is 0.830. The minimum absolute atomic E-state index is 0.516. The third-order valence-corrected chi connectivity index (χ3v) is 3.93. The smallest absolute Gasteiger partial charge is 0.0963 e. The average Bonchev–Trinajstić information content (AvgIpc) is 3.00. The van der Waals surface area contributed by atoms with Crippen molar-refractivity contribution < 1.29 is 4.74 Å². The zero-order valence-electron chi connectivity index (χ0n) is 10.2. The average molecular weight is 240 g/mol. The van der Waals surface area contributed by atoms with E-state index in [4.69, 9.17) is 9.72 Å². The maximum atomic E-state index is 5.21. The summed E-state index contributed by atoms with van der Waals surface area (Å²) in [4.78, 5) is 6.04. The molecule has 1 fully saturated rings. The van der Waals surface area contributed by atoms with E-state index in [-0.39, 0.29) is 0 Å². The molecule has 1 heterocycles. The number of rotatable bonds is 6. The van der Waals surface area contributed by atoms with Crippen molar-refractivity contribution in [3.63, 3.8) is 0 Å². The van der Waals surface area contributed by atoms with Crippen LogP contribution in [0.4, 0.5) is 0 Å². The molecular formula is C12H20N2OS. The van der Waals surface area contributed by atoms with E-state index < -0.39 is 0 Å². The number of aromatic nitrogens is 1. The van der Waals surface area contributed by atoms with Gasteiger partial charge in [-0.3, -0.25) is 0 Å². The van der Waals surface area contributed by atoms with Crippen LogP contribution < -0.4 is 5.32 Å². The van der Waals surface area contributed by atoms with Crippen molar-refractivity contribution in [1.82, 2.24) is 10.3 Å². The topological polar surface area (TPSA) is 34.1 Å². The van der Waals surface area contributed by atoms with Gasteiger partial charge in [-0.15, -0.1) is 11.3 Å². The molecule has 1 aliphatic carbocycles. The molecule has 0 spiro atoms. The van der Waals surface area contributed by atoms with E-state index in [2.05, 4.69) is 19.2 Å². The summed E-state index contributed by atoms with van der Waals surface area (Å²) in [6.07, 6.45) is 2.63. The van der Waals surface area contributed by atoms with Crippen LogP contribution in [0.25, 0.3) is 0 Å². The standard InChI is InChI=1S/C12H20N2OS/c1-8(2)13-6-11-10(7-15-3)14-12(16-11)9-4-5-9/h8-9,13H,4-7H2,1-3H3. The van der Waals surface area contributed by atoms with Crippen LogP contribution in [-0.2, 0) is 17.9 Å². The van der Waals surface area contributed by atoms with E-state index in [1.54, 1.807) is 7.11 Å². The van der Waals surface area contributed by atoms with Crippen LogP contribution >= 0.6 is 11.3 Å². The first-order valence-electron chi connectivity index (χ1n) is 5.91. The molecule has 0 amide bonds. The molecule has 1 saturated carbocycles. The number of nitrogens with zero attached hydrogens (tertiary/aromatic N) is 1. The number of hydrogen-bond donors (Lipinski definition) is 1. The Morgan fingerprint density at radius 3 is 2.81 bits per heavy atom. The second-order valence-corrected chi connectivity index (χ2v) is 5.78. The minimum atomic E-state index is 0.516. The Labute approximate surface area is 101 Å². The summed E-state index contributed by atoms with van der Waals surface area (Å²) >= 11 is 1.86. The lowest BCUT2D eigenvalue weighted by Gasteiger charge is -2.07.